The number of carbonyl (C=O) groups is 1. The highest BCUT2D eigenvalue weighted by Gasteiger charge is 2.19. The van der Waals surface area contributed by atoms with Crippen molar-refractivity contribution in [3.63, 3.8) is 0 Å². The molecule has 0 aliphatic carbocycles. The van der Waals surface area contributed by atoms with Crippen molar-refractivity contribution < 1.29 is 9.18 Å². The van der Waals surface area contributed by atoms with Crippen LogP contribution < -0.4 is 5.32 Å². The van der Waals surface area contributed by atoms with Crippen molar-refractivity contribution in [2.24, 2.45) is 0 Å². The third kappa shape index (κ3) is 5.00. The SMILES string of the molecule is Cc1nc(Cc2ccc(F)cc2)sc1C(=O)NCC(c1cccs1)N(C)C. The zero-order chi connectivity index (χ0) is 19.4. The van der Waals surface area contributed by atoms with Crippen LogP contribution in [0, 0.1) is 12.7 Å². The maximum atomic E-state index is 13.0. The van der Waals surface area contributed by atoms with Crippen LogP contribution in [0.25, 0.3) is 0 Å². The van der Waals surface area contributed by atoms with E-state index in [0.29, 0.717) is 17.8 Å². The van der Waals surface area contributed by atoms with E-state index in [1.165, 1.54) is 28.3 Å². The first kappa shape index (κ1) is 19.7. The third-order valence-corrected chi connectivity index (χ3v) is 6.40. The number of aryl methyl sites for hydroxylation is 1. The summed E-state index contributed by atoms with van der Waals surface area (Å²) < 4.78 is 13.0. The van der Waals surface area contributed by atoms with Gasteiger partial charge in [-0.05, 0) is 50.2 Å². The Hall–Kier alpha value is -2.09. The van der Waals surface area contributed by atoms with Gasteiger partial charge in [0.15, 0.2) is 0 Å². The molecular weight excluding hydrogens is 381 g/mol. The van der Waals surface area contributed by atoms with Gasteiger partial charge in [-0.2, -0.15) is 0 Å². The summed E-state index contributed by atoms with van der Waals surface area (Å²) in [6, 6.07) is 10.6. The lowest BCUT2D eigenvalue weighted by Gasteiger charge is -2.23. The van der Waals surface area contributed by atoms with Crippen LogP contribution >= 0.6 is 22.7 Å². The van der Waals surface area contributed by atoms with Gasteiger partial charge in [0.25, 0.3) is 5.91 Å². The second kappa shape index (κ2) is 8.73. The van der Waals surface area contributed by atoms with Crippen LogP contribution in [0.5, 0.6) is 0 Å². The maximum absolute atomic E-state index is 13.0. The number of nitrogens with one attached hydrogen (secondary N) is 1. The van der Waals surface area contributed by atoms with Crippen molar-refractivity contribution in [2.45, 2.75) is 19.4 Å². The number of aromatic nitrogens is 1. The molecule has 1 amide bonds. The quantitative estimate of drug-likeness (QED) is 0.641. The normalized spacial score (nSPS) is 12.3. The molecule has 1 unspecified atom stereocenters. The molecular formula is C20H22FN3OS2. The summed E-state index contributed by atoms with van der Waals surface area (Å²) in [5.74, 6) is -0.353. The van der Waals surface area contributed by atoms with E-state index in [2.05, 4.69) is 21.3 Å². The first-order valence-corrected chi connectivity index (χ1v) is 10.3. The number of thiazole rings is 1. The van der Waals surface area contributed by atoms with Crippen molar-refractivity contribution >= 4 is 28.6 Å². The zero-order valence-electron chi connectivity index (χ0n) is 15.5. The molecule has 0 saturated heterocycles. The summed E-state index contributed by atoms with van der Waals surface area (Å²) >= 11 is 3.08. The summed E-state index contributed by atoms with van der Waals surface area (Å²) in [6.07, 6.45) is 0.592. The van der Waals surface area contributed by atoms with E-state index >= 15 is 0 Å². The van der Waals surface area contributed by atoms with Crippen LogP contribution in [0.3, 0.4) is 0 Å². The molecule has 1 N–H and O–H groups in total. The van der Waals surface area contributed by atoms with Crippen molar-refractivity contribution in [1.82, 2.24) is 15.2 Å². The van der Waals surface area contributed by atoms with Crippen LogP contribution in [0.4, 0.5) is 4.39 Å². The minimum absolute atomic E-state index is 0.0984. The number of hydrogen-bond donors (Lipinski definition) is 1. The molecule has 1 aromatic carbocycles. The second-order valence-corrected chi connectivity index (χ2v) is 8.59. The molecule has 0 aliphatic rings. The minimum Gasteiger partial charge on any atom is -0.349 e. The van der Waals surface area contributed by atoms with Gasteiger partial charge in [-0.3, -0.25) is 4.79 Å². The first-order valence-electron chi connectivity index (χ1n) is 8.63. The van der Waals surface area contributed by atoms with E-state index in [9.17, 15) is 9.18 Å². The smallest absolute Gasteiger partial charge is 0.263 e. The Morgan fingerprint density at radius 2 is 2.00 bits per heavy atom. The predicted molar refractivity (Wildman–Crippen MR) is 109 cm³/mol. The van der Waals surface area contributed by atoms with Crippen LogP contribution in [0.1, 0.15) is 36.9 Å². The lowest BCUT2D eigenvalue weighted by Crippen LogP contribution is -2.34. The van der Waals surface area contributed by atoms with E-state index < -0.39 is 0 Å². The van der Waals surface area contributed by atoms with E-state index in [1.54, 1.807) is 23.5 Å². The molecule has 2 heterocycles. The van der Waals surface area contributed by atoms with Crippen molar-refractivity contribution in [2.75, 3.05) is 20.6 Å². The van der Waals surface area contributed by atoms with Gasteiger partial charge in [-0.1, -0.05) is 18.2 Å². The highest BCUT2D eigenvalue weighted by atomic mass is 32.1. The predicted octanol–water partition coefficient (Wildman–Crippen LogP) is 4.28. The average molecular weight is 404 g/mol. The summed E-state index contributed by atoms with van der Waals surface area (Å²) in [5.41, 5.74) is 1.70. The topological polar surface area (TPSA) is 45.2 Å². The summed E-state index contributed by atoms with van der Waals surface area (Å²) in [7, 11) is 4.02. The standard InChI is InChI=1S/C20H22FN3OS2/c1-13-19(27-18(23-13)11-14-6-8-15(21)9-7-14)20(25)22-12-16(24(2)3)17-5-4-10-26-17/h4-10,16H,11-12H2,1-3H3,(H,22,25). The van der Waals surface area contributed by atoms with Gasteiger partial charge in [-0.15, -0.1) is 22.7 Å². The van der Waals surface area contributed by atoms with Crippen molar-refractivity contribution in [3.05, 3.63) is 73.6 Å². The molecule has 142 valence electrons. The van der Waals surface area contributed by atoms with Crippen LogP contribution in [-0.2, 0) is 6.42 Å². The molecule has 3 aromatic rings. The largest absolute Gasteiger partial charge is 0.349 e. The number of rotatable bonds is 7. The first-order chi connectivity index (χ1) is 12.9. The van der Waals surface area contributed by atoms with Gasteiger partial charge in [0.2, 0.25) is 0 Å². The number of thiophene rings is 1. The number of nitrogens with zero attached hydrogens (tertiary/aromatic N) is 2. The molecule has 0 radical (unpaired) electrons. The molecule has 27 heavy (non-hydrogen) atoms. The monoisotopic (exact) mass is 403 g/mol. The maximum Gasteiger partial charge on any atom is 0.263 e. The molecule has 0 spiro atoms. The lowest BCUT2D eigenvalue weighted by atomic mass is 10.1. The Labute approximate surface area is 166 Å². The van der Waals surface area contributed by atoms with Gasteiger partial charge < -0.3 is 10.2 Å². The van der Waals surface area contributed by atoms with Gasteiger partial charge in [0, 0.05) is 17.8 Å². The Bertz CT molecular complexity index is 889. The molecule has 3 rings (SSSR count). The summed E-state index contributed by atoms with van der Waals surface area (Å²) in [4.78, 5) is 21.1. The number of carbonyl (C=O) groups excluding carboxylic acids is 1. The Morgan fingerprint density at radius 3 is 2.63 bits per heavy atom. The molecule has 0 bridgehead atoms. The Morgan fingerprint density at radius 1 is 1.26 bits per heavy atom. The molecule has 0 fully saturated rings. The molecule has 7 heteroatoms. The highest BCUT2D eigenvalue weighted by Crippen LogP contribution is 2.24. The second-order valence-electron chi connectivity index (χ2n) is 6.53. The Balaban J connectivity index is 1.66. The summed E-state index contributed by atoms with van der Waals surface area (Å²) in [5, 5.41) is 5.94. The van der Waals surface area contributed by atoms with E-state index in [4.69, 9.17) is 0 Å². The lowest BCUT2D eigenvalue weighted by molar-refractivity contribution is 0.0945. The number of benzene rings is 1. The van der Waals surface area contributed by atoms with Crippen molar-refractivity contribution in [1.29, 1.82) is 0 Å². The van der Waals surface area contributed by atoms with E-state index in [1.807, 2.05) is 32.5 Å². The number of hydrogen-bond acceptors (Lipinski definition) is 5. The number of halogens is 1. The minimum atomic E-state index is -0.254. The summed E-state index contributed by atoms with van der Waals surface area (Å²) in [6.45, 7) is 2.39. The van der Waals surface area contributed by atoms with Crippen LogP contribution in [0.2, 0.25) is 0 Å². The third-order valence-electron chi connectivity index (χ3n) is 4.27. The molecule has 0 saturated carbocycles. The van der Waals surface area contributed by atoms with Gasteiger partial charge in [0.1, 0.15) is 10.7 Å². The molecule has 2 aromatic heterocycles. The van der Waals surface area contributed by atoms with Crippen LogP contribution in [0.15, 0.2) is 41.8 Å². The molecule has 4 nitrogen and oxygen atoms in total. The molecule has 1 atom stereocenters. The fourth-order valence-electron chi connectivity index (χ4n) is 2.80. The van der Waals surface area contributed by atoms with E-state index in [-0.39, 0.29) is 17.8 Å². The van der Waals surface area contributed by atoms with Gasteiger partial charge in [-0.25, -0.2) is 9.37 Å². The molecule has 0 aliphatic heterocycles. The van der Waals surface area contributed by atoms with Gasteiger partial charge >= 0.3 is 0 Å². The van der Waals surface area contributed by atoms with Gasteiger partial charge in [0.05, 0.1) is 16.7 Å². The number of likely N-dealkylation sites (N-methyl/N-ethyl adjacent to an activating group) is 1. The number of amides is 1. The Kier molecular flexibility index (Phi) is 6.36. The fraction of sp³-hybridized carbons (Fsp3) is 0.300. The fourth-order valence-corrected chi connectivity index (χ4v) is 4.74. The average Bonchev–Trinajstić information content (AvgIpc) is 3.27. The van der Waals surface area contributed by atoms with E-state index in [0.717, 1.165) is 16.3 Å². The zero-order valence-corrected chi connectivity index (χ0v) is 17.2. The highest BCUT2D eigenvalue weighted by molar-refractivity contribution is 7.13. The van der Waals surface area contributed by atoms with Crippen molar-refractivity contribution in [3.8, 4) is 0 Å². The van der Waals surface area contributed by atoms with Crippen LogP contribution in [-0.4, -0.2) is 36.4 Å².